The van der Waals surface area contributed by atoms with Crippen LogP contribution in [-0.2, 0) is 13.1 Å². The van der Waals surface area contributed by atoms with Gasteiger partial charge in [0.1, 0.15) is 11.6 Å². The number of ether oxygens (including phenoxy) is 1. The maximum absolute atomic E-state index is 13.0. The quantitative estimate of drug-likeness (QED) is 0.493. The summed E-state index contributed by atoms with van der Waals surface area (Å²) >= 11 is 0. The van der Waals surface area contributed by atoms with E-state index in [1.807, 2.05) is 12.1 Å². The first-order valence-electron chi connectivity index (χ1n) is 8.20. The van der Waals surface area contributed by atoms with E-state index in [9.17, 15) is 18.8 Å². The maximum Gasteiger partial charge on any atom is 0.316 e. The van der Waals surface area contributed by atoms with E-state index in [1.54, 1.807) is 12.1 Å². The first-order chi connectivity index (χ1) is 13.0. The molecule has 0 aliphatic carbocycles. The Kier molecular flexibility index (Phi) is 5.30. The predicted octanol–water partition coefficient (Wildman–Crippen LogP) is 2.09. The molecule has 3 rings (SSSR count). The van der Waals surface area contributed by atoms with Crippen molar-refractivity contribution in [2.24, 2.45) is 0 Å². The fourth-order valence-electron chi connectivity index (χ4n) is 2.69. The lowest BCUT2D eigenvalue weighted by molar-refractivity contribution is 0.0970. The van der Waals surface area contributed by atoms with Crippen molar-refractivity contribution in [1.29, 1.82) is 0 Å². The number of para-hydroxylation sites is 1. The summed E-state index contributed by atoms with van der Waals surface area (Å²) in [5, 5.41) is 0. The van der Waals surface area contributed by atoms with Crippen molar-refractivity contribution in [2.45, 2.75) is 13.1 Å². The Labute approximate surface area is 154 Å². The molecular weight excluding hydrogens is 351 g/mol. The van der Waals surface area contributed by atoms with Crippen LogP contribution >= 0.6 is 0 Å². The van der Waals surface area contributed by atoms with Crippen LogP contribution in [0.1, 0.15) is 15.9 Å². The molecule has 0 saturated carbocycles. The van der Waals surface area contributed by atoms with Crippen molar-refractivity contribution in [3.8, 4) is 5.75 Å². The summed E-state index contributed by atoms with van der Waals surface area (Å²) < 4.78 is 20.5. The number of methoxy groups -OCH3 is 1. The highest BCUT2D eigenvalue weighted by molar-refractivity contribution is 5.95. The van der Waals surface area contributed by atoms with E-state index in [-0.39, 0.29) is 24.4 Å². The molecule has 3 aromatic rings. The summed E-state index contributed by atoms with van der Waals surface area (Å²) in [5.74, 6) is -0.235. The average molecular weight is 368 g/mol. The third-order valence-corrected chi connectivity index (χ3v) is 4.14. The summed E-state index contributed by atoms with van der Waals surface area (Å²) in [4.78, 5) is 37.0. The first kappa shape index (κ1) is 18.3. The SMILES string of the molecule is COc1ccccc1Cn1ccn(CC(=O)c2ccc(F)cc2)c(=O)c1=O. The van der Waals surface area contributed by atoms with E-state index in [0.717, 1.165) is 10.1 Å². The summed E-state index contributed by atoms with van der Waals surface area (Å²) in [5.41, 5.74) is -0.527. The molecule has 0 atom stereocenters. The molecule has 6 nitrogen and oxygen atoms in total. The maximum atomic E-state index is 13.0. The Balaban J connectivity index is 1.85. The number of carbonyl (C=O) groups is 1. The largest absolute Gasteiger partial charge is 0.496 e. The molecule has 0 aliphatic heterocycles. The average Bonchev–Trinajstić information content (AvgIpc) is 2.68. The van der Waals surface area contributed by atoms with Crippen molar-refractivity contribution >= 4 is 5.78 Å². The van der Waals surface area contributed by atoms with Crippen LogP contribution < -0.4 is 15.9 Å². The van der Waals surface area contributed by atoms with Gasteiger partial charge < -0.3 is 13.9 Å². The fourth-order valence-corrected chi connectivity index (χ4v) is 2.69. The minimum atomic E-state index is -0.803. The van der Waals surface area contributed by atoms with Crippen LogP contribution in [0.2, 0.25) is 0 Å². The number of Topliss-reactive ketones (excluding diaryl/α,β-unsaturated/α-hetero) is 1. The molecule has 0 radical (unpaired) electrons. The third-order valence-electron chi connectivity index (χ3n) is 4.14. The van der Waals surface area contributed by atoms with Gasteiger partial charge in [-0.3, -0.25) is 14.4 Å². The second-order valence-corrected chi connectivity index (χ2v) is 5.91. The minimum Gasteiger partial charge on any atom is -0.496 e. The molecule has 2 aromatic carbocycles. The highest BCUT2D eigenvalue weighted by Crippen LogP contribution is 2.17. The van der Waals surface area contributed by atoms with Crippen molar-refractivity contribution in [3.63, 3.8) is 0 Å². The topological polar surface area (TPSA) is 70.3 Å². The molecule has 0 unspecified atom stereocenters. The van der Waals surface area contributed by atoms with Gasteiger partial charge in [0, 0.05) is 23.5 Å². The van der Waals surface area contributed by atoms with Crippen LogP contribution in [0.3, 0.4) is 0 Å². The van der Waals surface area contributed by atoms with E-state index in [4.69, 9.17) is 4.74 Å². The van der Waals surface area contributed by atoms with E-state index in [0.29, 0.717) is 5.75 Å². The van der Waals surface area contributed by atoms with Crippen LogP contribution in [-0.4, -0.2) is 22.0 Å². The Bertz CT molecular complexity index is 1080. The number of ketones is 1. The summed E-state index contributed by atoms with van der Waals surface area (Å²) in [6, 6.07) is 12.2. The Morgan fingerprint density at radius 1 is 0.963 bits per heavy atom. The number of rotatable bonds is 6. The van der Waals surface area contributed by atoms with Gasteiger partial charge >= 0.3 is 11.1 Å². The van der Waals surface area contributed by atoms with Gasteiger partial charge in [-0.05, 0) is 30.3 Å². The van der Waals surface area contributed by atoms with Crippen LogP contribution in [0.5, 0.6) is 5.75 Å². The normalized spacial score (nSPS) is 10.6. The summed E-state index contributed by atoms with van der Waals surface area (Å²) in [7, 11) is 1.53. The second kappa shape index (κ2) is 7.82. The molecule has 1 aromatic heterocycles. The van der Waals surface area contributed by atoms with Gasteiger partial charge in [-0.25, -0.2) is 4.39 Å². The van der Waals surface area contributed by atoms with E-state index >= 15 is 0 Å². The zero-order valence-corrected chi connectivity index (χ0v) is 14.6. The van der Waals surface area contributed by atoms with Gasteiger partial charge in [0.05, 0.1) is 20.2 Å². The molecule has 0 saturated heterocycles. The molecule has 0 amide bonds. The third kappa shape index (κ3) is 4.03. The minimum absolute atomic E-state index is 0.171. The van der Waals surface area contributed by atoms with E-state index in [2.05, 4.69) is 0 Å². The first-order valence-corrected chi connectivity index (χ1v) is 8.20. The molecule has 27 heavy (non-hydrogen) atoms. The smallest absolute Gasteiger partial charge is 0.316 e. The van der Waals surface area contributed by atoms with Gasteiger partial charge in [0.25, 0.3) is 0 Å². The molecule has 0 aliphatic rings. The van der Waals surface area contributed by atoms with Gasteiger partial charge in [0.2, 0.25) is 0 Å². The Hall–Kier alpha value is -3.48. The van der Waals surface area contributed by atoms with Gasteiger partial charge in [-0.1, -0.05) is 18.2 Å². The number of aromatic nitrogens is 2. The number of hydrogen-bond donors (Lipinski definition) is 0. The molecule has 138 valence electrons. The standard InChI is InChI=1S/C20H17FN2O4/c1-27-18-5-3-2-4-15(18)12-22-10-11-23(20(26)19(22)25)13-17(24)14-6-8-16(21)9-7-14/h2-11H,12-13H2,1H3. The lowest BCUT2D eigenvalue weighted by Gasteiger charge is -2.11. The molecule has 0 N–H and O–H groups in total. The number of hydrogen-bond acceptors (Lipinski definition) is 4. The van der Waals surface area contributed by atoms with Gasteiger partial charge in [0.15, 0.2) is 5.78 Å². The molecule has 0 fully saturated rings. The lowest BCUT2D eigenvalue weighted by atomic mass is 10.1. The monoisotopic (exact) mass is 368 g/mol. The van der Waals surface area contributed by atoms with E-state index in [1.165, 1.54) is 48.3 Å². The number of halogens is 1. The molecule has 0 bridgehead atoms. The van der Waals surface area contributed by atoms with Crippen molar-refractivity contribution in [3.05, 3.63) is 98.6 Å². The molecule has 7 heteroatoms. The van der Waals surface area contributed by atoms with Crippen molar-refractivity contribution in [2.75, 3.05) is 7.11 Å². The number of benzene rings is 2. The number of carbonyl (C=O) groups excluding carboxylic acids is 1. The van der Waals surface area contributed by atoms with Crippen LogP contribution in [0.4, 0.5) is 4.39 Å². The van der Waals surface area contributed by atoms with Crippen LogP contribution in [0.25, 0.3) is 0 Å². The second-order valence-electron chi connectivity index (χ2n) is 5.91. The zero-order valence-electron chi connectivity index (χ0n) is 14.6. The van der Waals surface area contributed by atoms with Crippen molar-refractivity contribution < 1.29 is 13.9 Å². The fraction of sp³-hybridized carbons (Fsp3) is 0.150. The van der Waals surface area contributed by atoms with E-state index < -0.39 is 16.9 Å². The summed E-state index contributed by atoms with van der Waals surface area (Å²) in [6.45, 7) is -0.125. The highest BCUT2D eigenvalue weighted by atomic mass is 19.1. The molecule has 1 heterocycles. The van der Waals surface area contributed by atoms with Crippen LogP contribution in [0.15, 0.2) is 70.5 Å². The number of nitrogens with zero attached hydrogens (tertiary/aromatic N) is 2. The zero-order chi connectivity index (χ0) is 19.4. The van der Waals surface area contributed by atoms with Gasteiger partial charge in [-0.2, -0.15) is 0 Å². The summed E-state index contributed by atoms with van der Waals surface area (Å²) in [6.07, 6.45) is 2.84. The predicted molar refractivity (Wildman–Crippen MR) is 97.8 cm³/mol. The molecular formula is C20H17FN2O4. The lowest BCUT2D eigenvalue weighted by Crippen LogP contribution is -2.41. The Morgan fingerprint density at radius 2 is 1.59 bits per heavy atom. The van der Waals surface area contributed by atoms with Crippen LogP contribution in [0, 0.1) is 5.82 Å². The van der Waals surface area contributed by atoms with Gasteiger partial charge in [-0.15, -0.1) is 0 Å². The van der Waals surface area contributed by atoms with Crippen molar-refractivity contribution in [1.82, 2.24) is 9.13 Å². The molecule has 0 spiro atoms. The highest BCUT2D eigenvalue weighted by Gasteiger charge is 2.12. The Morgan fingerprint density at radius 3 is 2.30 bits per heavy atom.